The minimum atomic E-state index is -3.46. The summed E-state index contributed by atoms with van der Waals surface area (Å²) in [5, 5.41) is 3.34. The molecule has 0 atom stereocenters. The number of nitrogens with one attached hydrogen (secondary N) is 1. The number of sulfonamides is 1. The zero-order valence-corrected chi connectivity index (χ0v) is 14.3. The molecule has 0 aromatic heterocycles. The van der Waals surface area contributed by atoms with E-state index in [0.717, 1.165) is 25.9 Å². The summed E-state index contributed by atoms with van der Waals surface area (Å²) in [6.45, 7) is 6.11. The van der Waals surface area contributed by atoms with Crippen molar-refractivity contribution >= 4 is 10.0 Å². The molecule has 6 nitrogen and oxygen atoms in total. The van der Waals surface area contributed by atoms with Crippen molar-refractivity contribution in [1.82, 2.24) is 9.62 Å². The lowest BCUT2D eigenvalue weighted by molar-refractivity contribution is 0.171. The van der Waals surface area contributed by atoms with Crippen LogP contribution in [0, 0.1) is 5.92 Å². The molecule has 1 fully saturated rings. The van der Waals surface area contributed by atoms with Crippen LogP contribution in [0.5, 0.6) is 11.5 Å². The Morgan fingerprint density at radius 2 is 1.87 bits per heavy atom. The minimum absolute atomic E-state index is 0.284. The van der Waals surface area contributed by atoms with Gasteiger partial charge in [0, 0.05) is 19.2 Å². The summed E-state index contributed by atoms with van der Waals surface area (Å²) in [5.74, 6) is 1.68. The van der Waals surface area contributed by atoms with Crippen molar-refractivity contribution in [1.29, 1.82) is 0 Å². The van der Waals surface area contributed by atoms with Gasteiger partial charge in [0.25, 0.3) is 0 Å². The smallest absolute Gasteiger partial charge is 0.243 e. The fourth-order valence-electron chi connectivity index (χ4n) is 3.04. The van der Waals surface area contributed by atoms with Crippen LogP contribution in [0.4, 0.5) is 0 Å². The molecule has 23 heavy (non-hydrogen) atoms. The minimum Gasteiger partial charge on any atom is -0.486 e. The molecule has 2 aliphatic heterocycles. The maximum absolute atomic E-state index is 12.8. The van der Waals surface area contributed by atoms with E-state index in [-0.39, 0.29) is 4.90 Å². The first-order chi connectivity index (χ1) is 11.1. The maximum Gasteiger partial charge on any atom is 0.243 e. The first kappa shape index (κ1) is 16.5. The number of ether oxygens (including phenoxy) is 2. The van der Waals surface area contributed by atoms with Crippen molar-refractivity contribution in [3.05, 3.63) is 18.2 Å². The molecular weight excluding hydrogens is 316 g/mol. The highest BCUT2D eigenvalue weighted by Crippen LogP contribution is 2.33. The normalized spacial score (nSPS) is 19.7. The molecule has 0 aliphatic carbocycles. The summed E-state index contributed by atoms with van der Waals surface area (Å²) in [7, 11) is -3.46. The molecule has 0 bridgehead atoms. The molecule has 1 N–H and O–H groups in total. The highest BCUT2D eigenvalue weighted by atomic mass is 32.2. The number of hydrogen-bond acceptors (Lipinski definition) is 5. The van der Waals surface area contributed by atoms with Crippen LogP contribution in [0.1, 0.15) is 19.8 Å². The van der Waals surface area contributed by atoms with Crippen LogP contribution in [-0.2, 0) is 10.0 Å². The lowest BCUT2D eigenvalue weighted by Crippen LogP contribution is -2.40. The Kier molecular flexibility index (Phi) is 5.08. The van der Waals surface area contributed by atoms with Gasteiger partial charge in [-0.1, -0.05) is 6.92 Å². The molecule has 1 aromatic rings. The summed E-state index contributed by atoms with van der Waals surface area (Å²) in [5.41, 5.74) is 0. The maximum atomic E-state index is 12.8. The largest absolute Gasteiger partial charge is 0.486 e. The first-order valence-corrected chi connectivity index (χ1v) is 9.66. The van der Waals surface area contributed by atoms with Gasteiger partial charge in [0.15, 0.2) is 11.5 Å². The fraction of sp³-hybridized carbons (Fsp3) is 0.625. The molecule has 128 valence electrons. The second-order valence-electron chi connectivity index (χ2n) is 5.96. The van der Waals surface area contributed by atoms with E-state index in [4.69, 9.17) is 9.47 Å². The quantitative estimate of drug-likeness (QED) is 0.879. The SMILES string of the molecule is CCNCC1CCN(S(=O)(=O)c2ccc3c(c2)OCCO3)CC1. The van der Waals surface area contributed by atoms with E-state index in [1.54, 1.807) is 22.5 Å². The summed E-state index contributed by atoms with van der Waals surface area (Å²) in [6.07, 6.45) is 1.80. The summed E-state index contributed by atoms with van der Waals surface area (Å²) < 4.78 is 38.1. The number of hydrogen-bond donors (Lipinski definition) is 1. The number of nitrogens with zero attached hydrogens (tertiary/aromatic N) is 1. The van der Waals surface area contributed by atoms with Crippen molar-refractivity contribution in [3.63, 3.8) is 0 Å². The predicted octanol–water partition coefficient (Wildman–Crippen LogP) is 1.47. The summed E-state index contributed by atoms with van der Waals surface area (Å²) in [6, 6.07) is 4.86. The Morgan fingerprint density at radius 1 is 1.17 bits per heavy atom. The Hall–Kier alpha value is -1.31. The van der Waals surface area contributed by atoms with Gasteiger partial charge in [-0.2, -0.15) is 4.31 Å². The number of piperidine rings is 1. The Balaban J connectivity index is 1.70. The van der Waals surface area contributed by atoms with E-state index < -0.39 is 10.0 Å². The third-order valence-electron chi connectivity index (χ3n) is 4.41. The topological polar surface area (TPSA) is 67.9 Å². The van der Waals surface area contributed by atoms with Crippen molar-refractivity contribution in [2.24, 2.45) is 5.92 Å². The monoisotopic (exact) mass is 340 g/mol. The molecule has 0 unspecified atom stereocenters. The lowest BCUT2D eigenvalue weighted by atomic mass is 9.98. The molecule has 2 aliphatic rings. The molecular formula is C16H24N2O4S. The van der Waals surface area contributed by atoms with Gasteiger partial charge < -0.3 is 14.8 Å². The van der Waals surface area contributed by atoms with Gasteiger partial charge in [-0.15, -0.1) is 0 Å². The highest BCUT2D eigenvalue weighted by Gasteiger charge is 2.30. The van der Waals surface area contributed by atoms with Gasteiger partial charge >= 0.3 is 0 Å². The van der Waals surface area contributed by atoms with E-state index in [1.165, 1.54) is 0 Å². The molecule has 0 radical (unpaired) electrons. The van der Waals surface area contributed by atoms with Crippen molar-refractivity contribution in [2.45, 2.75) is 24.7 Å². The standard InChI is InChI=1S/C16H24N2O4S/c1-2-17-12-13-5-7-18(8-6-13)23(19,20)14-3-4-15-16(11-14)22-10-9-21-15/h3-4,11,13,17H,2,5-10,12H2,1H3. The van der Waals surface area contributed by atoms with E-state index in [2.05, 4.69) is 12.2 Å². The van der Waals surface area contributed by atoms with Crippen molar-refractivity contribution < 1.29 is 17.9 Å². The average Bonchev–Trinajstić information content (AvgIpc) is 2.60. The first-order valence-electron chi connectivity index (χ1n) is 8.22. The van der Waals surface area contributed by atoms with E-state index in [9.17, 15) is 8.42 Å². The molecule has 3 rings (SSSR count). The molecule has 0 saturated carbocycles. The third kappa shape index (κ3) is 3.62. The molecule has 1 aromatic carbocycles. The molecule has 0 amide bonds. The predicted molar refractivity (Wildman–Crippen MR) is 87.5 cm³/mol. The summed E-state index contributed by atoms with van der Waals surface area (Å²) >= 11 is 0. The van der Waals surface area contributed by atoms with Crippen LogP contribution in [0.25, 0.3) is 0 Å². The number of rotatable bonds is 5. The van der Waals surface area contributed by atoms with Gasteiger partial charge in [0.2, 0.25) is 10.0 Å². The Morgan fingerprint density at radius 3 is 2.57 bits per heavy atom. The Bertz CT molecular complexity index is 639. The van der Waals surface area contributed by atoms with Crippen LogP contribution < -0.4 is 14.8 Å². The van der Waals surface area contributed by atoms with Crippen molar-refractivity contribution in [3.8, 4) is 11.5 Å². The van der Waals surface area contributed by atoms with Gasteiger partial charge in [-0.25, -0.2) is 8.42 Å². The fourth-order valence-corrected chi connectivity index (χ4v) is 4.52. The molecule has 2 heterocycles. The van der Waals surface area contributed by atoms with Crippen LogP contribution in [0.3, 0.4) is 0 Å². The average molecular weight is 340 g/mol. The van der Waals surface area contributed by atoms with Crippen molar-refractivity contribution in [2.75, 3.05) is 39.4 Å². The van der Waals surface area contributed by atoms with Crippen LogP contribution in [0.15, 0.2) is 23.1 Å². The third-order valence-corrected chi connectivity index (χ3v) is 6.30. The number of fused-ring (bicyclic) bond motifs is 1. The molecule has 7 heteroatoms. The van der Waals surface area contributed by atoms with Gasteiger partial charge in [0.05, 0.1) is 4.90 Å². The zero-order chi connectivity index (χ0) is 16.3. The van der Waals surface area contributed by atoms with E-state index >= 15 is 0 Å². The summed E-state index contributed by atoms with van der Waals surface area (Å²) in [4.78, 5) is 0.284. The van der Waals surface area contributed by atoms with E-state index in [0.29, 0.717) is 43.7 Å². The molecule has 1 saturated heterocycles. The second-order valence-corrected chi connectivity index (χ2v) is 7.90. The lowest BCUT2D eigenvalue weighted by Gasteiger charge is -2.31. The van der Waals surface area contributed by atoms with Crippen LogP contribution in [0.2, 0.25) is 0 Å². The highest BCUT2D eigenvalue weighted by molar-refractivity contribution is 7.89. The van der Waals surface area contributed by atoms with Gasteiger partial charge in [-0.3, -0.25) is 0 Å². The Labute approximate surface area is 137 Å². The van der Waals surface area contributed by atoms with Gasteiger partial charge in [0.1, 0.15) is 13.2 Å². The van der Waals surface area contributed by atoms with Crippen LogP contribution >= 0.6 is 0 Å². The van der Waals surface area contributed by atoms with E-state index in [1.807, 2.05) is 0 Å². The molecule has 0 spiro atoms. The van der Waals surface area contributed by atoms with Gasteiger partial charge in [-0.05, 0) is 44.0 Å². The second kappa shape index (κ2) is 7.07. The zero-order valence-electron chi connectivity index (χ0n) is 13.5. The van der Waals surface area contributed by atoms with Crippen LogP contribution in [-0.4, -0.2) is 52.1 Å². The number of benzene rings is 1.